The predicted molar refractivity (Wildman–Crippen MR) is 79.7 cm³/mol. The second-order valence-corrected chi connectivity index (χ2v) is 5.65. The first-order chi connectivity index (χ1) is 8.95. The summed E-state index contributed by atoms with van der Waals surface area (Å²) in [5.41, 5.74) is 8.07. The Balaban J connectivity index is 2.68. The van der Waals surface area contributed by atoms with E-state index in [4.69, 9.17) is 5.73 Å². The minimum absolute atomic E-state index is 0.0231. The molecule has 0 bridgehead atoms. The molecule has 1 aromatic rings. The van der Waals surface area contributed by atoms with E-state index < -0.39 is 0 Å². The maximum atomic E-state index is 12.2. The zero-order valence-corrected chi connectivity index (χ0v) is 12.4. The largest absolute Gasteiger partial charge is 0.349 e. The number of benzene rings is 1. The molecule has 3 N–H and O–H groups in total. The van der Waals surface area contributed by atoms with Gasteiger partial charge in [-0.05, 0) is 37.3 Å². The highest BCUT2D eigenvalue weighted by Crippen LogP contribution is 2.18. The van der Waals surface area contributed by atoms with Gasteiger partial charge >= 0.3 is 0 Å². The van der Waals surface area contributed by atoms with Crippen LogP contribution in [-0.2, 0) is 4.79 Å². The number of carbonyl (C=O) groups excluding carboxylic acids is 1. The van der Waals surface area contributed by atoms with E-state index in [0.717, 1.165) is 12.0 Å². The van der Waals surface area contributed by atoms with Gasteiger partial charge in [0, 0.05) is 6.54 Å². The molecule has 1 unspecified atom stereocenters. The van der Waals surface area contributed by atoms with Crippen LogP contribution in [0.2, 0.25) is 0 Å². The molecule has 0 fully saturated rings. The van der Waals surface area contributed by atoms with E-state index in [9.17, 15) is 4.79 Å². The molecule has 2 atom stereocenters. The van der Waals surface area contributed by atoms with Crippen LogP contribution >= 0.6 is 0 Å². The van der Waals surface area contributed by atoms with Crippen molar-refractivity contribution < 1.29 is 4.79 Å². The van der Waals surface area contributed by atoms with Crippen LogP contribution in [0.5, 0.6) is 0 Å². The maximum absolute atomic E-state index is 12.2. The number of nitrogens with one attached hydrogen (secondary N) is 1. The summed E-state index contributed by atoms with van der Waals surface area (Å²) in [5.74, 6) is 0.450. The van der Waals surface area contributed by atoms with E-state index in [1.165, 1.54) is 5.56 Å². The number of hydrogen-bond donors (Lipinski definition) is 2. The second kappa shape index (κ2) is 7.29. The van der Waals surface area contributed by atoms with Gasteiger partial charge in [-0.2, -0.15) is 0 Å². The molecule has 0 heterocycles. The van der Waals surface area contributed by atoms with Crippen LogP contribution in [0.4, 0.5) is 0 Å². The summed E-state index contributed by atoms with van der Waals surface area (Å²) in [5, 5.41) is 3.07. The van der Waals surface area contributed by atoms with Crippen LogP contribution < -0.4 is 11.1 Å². The Morgan fingerprint density at radius 1 is 1.26 bits per heavy atom. The minimum Gasteiger partial charge on any atom is -0.349 e. The molecule has 0 aliphatic carbocycles. The molecule has 0 aliphatic heterocycles. The van der Waals surface area contributed by atoms with Crippen molar-refractivity contribution in [3.05, 3.63) is 35.4 Å². The summed E-state index contributed by atoms with van der Waals surface area (Å²) in [6.07, 6.45) is 0.836. The smallest absolute Gasteiger partial charge is 0.224 e. The van der Waals surface area contributed by atoms with Crippen molar-refractivity contribution in [3.63, 3.8) is 0 Å². The highest BCUT2D eigenvalue weighted by Gasteiger charge is 2.20. The molecule has 1 amide bonds. The Morgan fingerprint density at radius 2 is 1.89 bits per heavy atom. The van der Waals surface area contributed by atoms with Gasteiger partial charge in [0.05, 0.1) is 12.0 Å². The highest BCUT2D eigenvalue weighted by atomic mass is 16.1. The van der Waals surface area contributed by atoms with Gasteiger partial charge in [0.2, 0.25) is 5.91 Å². The molecule has 0 saturated carbocycles. The molecule has 1 aromatic carbocycles. The van der Waals surface area contributed by atoms with Crippen LogP contribution in [0.25, 0.3) is 0 Å². The SMILES string of the molecule is Cc1ccccc1[C@H](C)NC(=O)C(CN)CC(C)C. The van der Waals surface area contributed by atoms with Crippen molar-refractivity contribution in [3.8, 4) is 0 Å². The predicted octanol–water partition coefficient (Wildman–Crippen LogP) is 2.79. The van der Waals surface area contributed by atoms with E-state index in [0.29, 0.717) is 12.5 Å². The Labute approximate surface area is 116 Å². The molecule has 0 aromatic heterocycles. The molecule has 0 saturated heterocycles. The standard InChI is InChI=1S/C16H26N2O/c1-11(2)9-14(10-17)16(19)18-13(4)15-8-6-5-7-12(15)3/h5-8,11,13-14H,9-10,17H2,1-4H3,(H,18,19)/t13-,14?/m0/s1. The first kappa shape index (κ1) is 15.7. The fraction of sp³-hybridized carbons (Fsp3) is 0.562. The monoisotopic (exact) mass is 262 g/mol. The summed E-state index contributed by atoms with van der Waals surface area (Å²) >= 11 is 0. The zero-order chi connectivity index (χ0) is 14.4. The van der Waals surface area contributed by atoms with Crippen molar-refractivity contribution >= 4 is 5.91 Å². The summed E-state index contributed by atoms with van der Waals surface area (Å²) in [4.78, 5) is 12.2. The minimum atomic E-state index is -0.0912. The Bertz CT molecular complexity index is 415. The Kier molecular flexibility index (Phi) is 6.03. The molecule has 0 spiro atoms. The lowest BCUT2D eigenvalue weighted by molar-refractivity contribution is -0.125. The number of hydrogen-bond acceptors (Lipinski definition) is 2. The highest BCUT2D eigenvalue weighted by molar-refractivity contribution is 5.79. The van der Waals surface area contributed by atoms with E-state index >= 15 is 0 Å². The number of aryl methyl sites for hydroxylation is 1. The van der Waals surface area contributed by atoms with Gasteiger partial charge in [0.15, 0.2) is 0 Å². The first-order valence-corrected chi connectivity index (χ1v) is 7.01. The summed E-state index contributed by atoms with van der Waals surface area (Å²) in [7, 11) is 0. The third kappa shape index (κ3) is 4.67. The van der Waals surface area contributed by atoms with Crippen molar-refractivity contribution in [1.82, 2.24) is 5.32 Å². The lowest BCUT2D eigenvalue weighted by Gasteiger charge is -2.21. The third-order valence-corrected chi connectivity index (χ3v) is 3.42. The summed E-state index contributed by atoms with van der Waals surface area (Å²) < 4.78 is 0. The summed E-state index contributed by atoms with van der Waals surface area (Å²) in [6.45, 7) is 8.71. The maximum Gasteiger partial charge on any atom is 0.224 e. The molecular formula is C16H26N2O. The van der Waals surface area contributed by atoms with E-state index in [-0.39, 0.29) is 17.9 Å². The number of nitrogens with two attached hydrogens (primary N) is 1. The molecule has 0 aliphatic rings. The Morgan fingerprint density at radius 3 is 2.42 bits per heavy atom. The van der Waals surface area contributed by atoms with Gasteiger partial charge in [-0.15, -0.1) is 0 Å². The van der Waals surface area contributed by atoms with Crippen LogP contribution in [0.15, 0.2) is 24.3 Å². The molecular weight excluding hydrogens is 236 g/mol. The molecule has 19 heavy (non-hydrogen) atoms. The average Bonchev–Trinajstić information content (AvgIpc) is 2.35. The lowest BCUT2D eigenvalue weighted by Crippen LogP contribution is -2.37. The van der Waals surface area contributed by atoms with Crippen LogP contribution in [0.1, 0.15) is 44.4 Å². The van der Waals surface area contributed by atoms with Gasteiger partial charge in [0.25, 0.3) is 0 Å². The van der Waals surface area contributed by atoms with Gasteiger partial charge < -0.3 is 11.1 Å². The zero-order valence-electron chi connectivity index (χ0n) is 12.4. The van der Waals surface area contributed by atoms with E-state index in [2.05, 4.69) is 38.2 Å². The second-order valence-electron chi connectivity index (χ2n) is 5.65. The molecule has 106 valence electrons. The Hall–Kier alpha value is -1.35. The molecule has 3 nitrogen and oxygen atoms in total. The normalized spacial score (nSPS) is 14.2. The van der Waals surface area contributed by atoms with Gasteiger partial charge in [-0.1, -0.05) is 38.1 Å². The molecule has 1 rings (SSSR count). The van der Waals surface area contributed by atoms with E-state index in [1.807, 2.05) is 19.1 Å². The van der Waals surface area contributed by atoms with Crippen LogP contribution in [0.3, 0.4) is 0 Å². The third-order valence-electron chi connectivity index (χ3n) is 3.42. The fourth-order valence-corrected chi connectivity index (χ4v) is 2.36. The van der Waals surface area contributed by atoms with Crippen molar-refractivity contribution in [1.29, 1.82) is 0 Å². The van der Waals surface area contributed by atoms with Gasteiger partial charge in [0.1, 0.15) is 0 Å². The average molecular weight is 262 g/mol. The first-order valence-electron chi connectivity index (χ1n) is 7.01. The van der Waals surface area contributed by atoms with Crippen LogP contribution in [-0.4, -0.2) is 12.5 Å². The number of rotatable bonds is 6. The molecule has 0 radical (unpaired) electrons. The summed E-state index contributed by atoms with van der Waals surface area (Å²) in [6, 6.07) is 8.15. The lowest BCUT2D eigenvalue weighted by atomic mass is 9.95. The van der Waals surface area contributed by atoms with Gasteiger partial charge in [-0.3, -0.25) is 4.79 Å². The quantitative estimate of drug-likeness (QED) is 0.828. The van der Waals surface area contributed by atoms with Gasteiger partial charge in [-0.25, -0.2) is 0 Å². The fourth-order valence-electron chi connectivity index (χ4n) is 2.36. The topological polar surface area (TPSA) is 55.1 Å². The van der Waals surface area contributed by atoms with Crippen molar-refractivity contribution in [2.75, 3.05) is 6.54 Å². The number of carbonyl (C=O) groups is 1. The van der Waals surface area contributed by atoms with Crippen molar-refractivity contribution in [2.45, 2.75) is 40.2 Å². The molecule has 3 heteroatoms. The number of amides is 1. The van der Waals surface area contributed by atoms with Crippen molar-refractivity contribution in [2.24, 2.45) is 17.6 Å². The van der Waals surface area contributed by atoms with E-state index in [1.54, 1.807) is 0 Å². The van der Waals surface area contributed by atoms with Crippen LogP contribution in [0, 0.1) is 18.8 Å².